The van der Waals surface area contributed by atoms with Gasteiger partial charge in [-0.1, -0.05) is 0 Å². The van der Waals surface area contributed by atoms with E-state index in [1.165, 1.54) is 11.6 Å². The van der Waals surface area contributed by atoms with E-state index in [1.807, 2.05) is 7.05 Å². The molecule has 3 heterocycles. The number of nitrogens with zero attached hydrogens (tertiary/aromatic N) is 3. The van der Waals surface area contributed by atoms with E-state index in [1.54, 1.807) is 0 Å². The predicted octanol–water partition coefficient (Wildman–Crippen LogP) is 1.44. The van der Waals surface area contributed by atoms with Crippen molar-refractivity contribution in [2.45, 2.75) is 19.4 Å². The fraction of sp³-hybridized carbons (Fsp3) is 0.615. The molecule has 1 saturated heterocycles. The first-order valence-corrected chi connectivity index (χ1v) is 6.42. The summed E-state index contributed by atoms with van der Waals surface area (Å²) in [5.74, 6) is 0.418. The van der Waals surface area contributed by atoms with Gasteiger partial charge in [0.1, 0.15) is 5.82 Å². The van der Waals surface area contributed by atoms with Crippen LogP contribution >= 0.6 is 0 Å². The Morgan fingerprint density at radius 1 is 1.44 bits per heavy atom. The largest absolute Gasteiger partial charge is 0.377 e. The first-order valence-electron chi connectivity index (χ1n) is 6.42. The number of rotatable bonds is 1. The van der Waals surface area contributed by atoms with E-state index in [4.69, 9.17) is 4.74 Å². The first kappa shape index (κ1) is 11.7. The van der Waals surface area contributed by atoms with Crippen LogP contribution < -0.4 is 9.80 Å². The standard InChI is InChI=1S/C13H18FN3O/c1-9-8-18-6-5-17(9)13-10-3-4-16(2)11(10)7-12(14)15-13/h7,9H,3-6,8H2,1-2H3/t9-/m1/s1. The molecule has 0 saturated carbocycles. The van der Waals surface area contributed by atoms with Crippen molar-refractivity contribution in [2.24, 2.45) is 0 Å². The summed E-state index contributed by atoms with van der Waals surface area (Å²) >= 11 is 0. The molecule has 0 unspecified atom stereocenters. The highest BCUT2D eigenvalue weighted by atomic mass is 19.1. The lowest BCUT2D eigenvalue weighted by Gasteiger charge is -2.35. The Hall–Kier alpha value is -1.36. The van der Waals surface area contributed by atoms with Gasteiger partial charge in [0.25, 0.3) is 0 Å². The molecule has 4 nitrogen and oxygen atoms in total. The maximum atomic E-state index is 13.7. The van der Waals surface area contributed by atoms with E-state index in [0.29, 0.717) is 13.2 Å². The highest BCUT2D eigenvalue weighted by Gasteiger charge is 2.28. The Balaban J connectivity index is 2.03. The number of likely N-dealkylation sites (N-methyl/N-ethyl adjacent to an activating group) is 1. The third kappa shape index (κ3) is 1.82. The molecule has 0 amide bonds. The lowest BCUT2D eigenvalue weighted by molar-refractivity contribution is 0.0984. The van der Waals surface area contributed by atoms with Crippen LogP contribution in [0.1, 0.15) is 12.5 Å². The summed E-state index contributed by atoms with van der Waals surface area (Å²) in [6, 6.07) is 1.79. The number of aromatic nitrogens is 1. The molecule has 1 atom stereocenters. The summed E-state index contributed by atoms with van der Waals surface area (Å²) in [6.45, 7) is 5.19. The smallest absolute Gasteiger partial charge is 0.216 e. The lowest BCUT2D eigenvalue weighted by atomic mass is 10.1. The molecule has 1 aromatic heterocycles. The minimum absolute atomic E-state index is 0.253. The summed E-state index contributed by atoms with van der Waals surface area (Å²) in [7, 11) is 2.00. The second-order valence-corrected chi connectivity index (χ2v) is 5.06. The van der Waals surface area contributed by atoms with Gasteiger partial charge < -0.3 is 14.5 Å². The van der Waals surface area contributed by atoms with Gasteiger partial charge in [-0.25, -0.2) is 4.98 Å². The Kier molecular flexibility index (Phi) is 2.86. The molecule has 98 valence electrons. The lowest BCUT2D eigenvalue weighted by Crippen LogP contribution is -2.44. The van der Waals surface area contributed by atoms with Crippen LogP contribution in [0.5, 0.6) is 0 Å². The number of hydrogen-bond donors (Lipinski definition) is 0. The fourth-order valence-corrected chi connectivity index (χ4v) is 2.78. The molecule has 0 aromatic carbocycles. The summed E-state index contributed by atoms with van der Waals surface area (Å²) in [5.41, 5.74) is 2.16. The van der Waals surface area contributed by atoms with E-state index in [-0.39, 0.29) is 6.04 Å². The molecule has 2 aliphatic rings. The van der Waals surface area contributed by atoms with Crippen LogP contribution in [-0.2, 0) is 11.2 Å². The number of halogens is 1. The first-order chi connectivity index (χ1) is 8.66. The third-order valence-electron chi connectivity index (χ3n) is 3.80. The van der Waals surface area contributed by atoms with Crippen molar-refractivity contribution >= 4 is 11.5 Å². The number of fused-ring (bicyclic) bond motifs is 1. The topological polar surface area (TPSA) is 28.6 Å². The third-order valence-corrected chi connectivity index (χ3v) is 3.80. The number of pyridine rings is 1. The van der Waals surface area contributed by atoms with Crippen molar-refractivity contribution in [3.8, 4) is 0 Å². The molecule has 0 radical (unpaired) electrons. The Labute approximate surface area is 106 Å². The quantitative estimate of drug-likeness (QED) is 0.706. The molecule has 0 spiro atoms. The summed E-state index contributed by atoms with van der Waals surface area (Å²) in [6.07, 6.45) is 0.943. The normalized spacial score (nSPS) is 23.4. The van der Waals surface area contributed by atoms with Crippen molar-refractivity contribution in [1.29, 1.82) is 0 Å². The van der Waals surface area contributed by atoms with Gasteiger partial charge in [-0.15, -0.1) is 0 Å². The minimum atomic E-state index is -0.392. The second kappa shape index (κ2) is 4.39. The van der Waals surface area contributed by atoms with E-state index < -0.39 is 5.95 Å². The highest BCUT2D eigenvalue weighted by molar-refractivity contribution is 5.67. The molecular weight excluding hydrogens is 233 g/mol. The van der Waals surface area contributed by atoms with E-state index in [2.05, 4.69) is 21.7 Å². The van der Waals surface area contributed by atoms with E-state index >= 15 is 0 Å². The van der Waals surface area contributed by atoms with Crippen molar-refractivity contribution in [3.63, 3.8) is 0 Å². The average molecular weight is 251 g/mol. The van der Waals surface area contributed by atoms with Gasteiger partial charge in [-0.3, -0.25) is 0 Å². The zero-order valence-corrected chi connectivity index (χ0v) is 10.8. The van der Waals surface area contributed by atoms with Gasteiger partial charge in [-0.05, 0) is 13.3 Å². The van der Waals surface area contributed by atoms with Crippen LogP contribution in [0.15, 0.2) is 6.07 Å². The van der Waals surface area contributed by atoms with Gasteiger partial charge in [-0.2, -0.15) is 4.39 Å². The van der Waals surface area contributed by atoms with Crippen molar-refractivity contribution < 1.29 is 9.13 Å². The maximum Gasteiger partial charge on any atom is 0.216 e. The van der Waals surface area contributed by atoms with E-state index in [9.17, 15) is 4.39 Å². The SMILES string of the molecule is C[C@@H]1COCCN1c1nc(F)cc2c1CCN2C. The molecule has 1 aromatic rings. The molecular formula is C13H18FN3O. The van der Waals surface area contributed by atoms with Crippen molar-refractivity contribution in [2.75, 3.05) is 43.2 Å². The van der Waals surface area contributed by atoms with Crippen LogP contribution in [-0.4, -0.2) is 44.4 Å². The zero-order valence-electron chi connectivity index (χ0n) is 10.8. The fourth-order valence-electron chi connectivity index (χ4n) is 2.78. The highest BCUT2D eigenvalue weighted by Crippen LogP contribution is 2.35. The summed E-state index contributed by atoms with van der Waals surface area (Å²) < 4.78 is 19.1. The van der Waals surface area contributed by atoms with Gasteiger partial charge in [0, 0.05) is 37.5 Å². The summed E-state index contributed by atoms with van der Waals surface area (Å²) in [4.78, 5) is 8.39. The Bertz CT molecular complexity index is 466. The second-order valence-electron chi connectivity index (χ2n) is 5.06. The van der Waals surface area contributed by atoms with Crippen LogP contribution in [0, 0.1) is 5.95 Å². The van der Waals surface area contributed by atoms with Crippen LogP contribution in [0.3, 0.4) is 0 Å². The van der Waals surface area contributed by atoms with Gasteiger partial charge in [0.2, 0.25) is 5.95 Å². The predicted molar refractivity (Wildman–Crippen MR) is 68.8 cm³/mol. The molecule has 2 aliphatic heterocycles. The van der Waals surface area contributed by atoms with Crippen LogP contribution in [0.4, 0.5) is 15.9 Å². The average Bonchev–Trinajstić information content (AvgIpc) is 2.71. The van der Waals surface area contributed by atoms with Crippen LogP contribution in [0.2, 0.25) is 0 Å². The van der Waals surface area contributed by atoms with Gasteiger partial charge >= 0.3 is 0 Å². The van der Waals surface area contributed by atoms with E-state index in [0.717, 1.165) is 31.0 Å². The molecule has 5 heteroatoms. The molecule has 0 bridgehead atoms. The Morgan fingerprint density at radius 3 is 3.06 bits per heavy atom. The minimum Gasteiger partial charge on any atom is -0.377 e. The summed E-state index contributed by atoms with van der Waals surface area (Å²) in [5, 5.41) is 0. The molecule has 18 heavy (non-hydrogen) atoms. The molecule has 1 fully saturated rings. The van der Waals surface area contributed by atoms with Gasteiger partial charge in [0.15, 0.2) is 0 Å². The van der Waals surface area contributed by atoms with Crippen LogP contribution in [0.25, 0.3) is 0 Å². The number of hydrogen-bond acceptors (Lipinski definition) is 4. The Morgan fingerprint density at radius 2 is 2.28 bits per heavy atom. The number of morpholine rings is 1. The van der Waals surface area contributed by atoms with Gasteiger partial charge in [0.05, 0.1) is 19.3 Å². The zero-order chi connectivity index (χ0) is 12.7. The maximum absolute atomic E-state index is 13.7. The molecule has 0 aliphatic carbocycles. The van der Waals surface area contributed by atoms with Crippen molar-refractivity contribution in [3.05, 3.63) is 17.6 Å². The molecule has 3 rings (SSSR count). The number of ether oxygens (including phenoxy) is 1. The van der Waals surface area contributed by atoms with Crippen molar-refractivity contribution in [1.82, 2.24) is 4.98 Å². The number of anilines is 2. The molecule has 0 N–H and O–H groups in total. The monoisotopic (exact) mass is 251 g/mol.